The van der Waals surface area contributed by atoms with Crippen molar-refractivity contribution in [3.8, 4) is 0 Å². The Morgan fingerprint density at radius 2 is 1.85 bits per heavy atom. The smallest absolute Gasteiger partial charge is 0.410 e. The van der Waals surface area contributed by atoms with Crippen LogP contribution in [0, 0.1) is 5.92 Å². The van der Waals surface area contributed by atoms with Gasteiger partial charge in [0.05, 0.1) is 18.1 Å². The van der Waals surface area contributed by atoms with E-state index >= 15 is 0 Å². The number of benzene rings is 1. The second kappa shape index (κ2) is 7.76. The maximum Gasteiger partial charge on any atom is 0.410 e. The van der Waals surface area contributed by atoms with Crippen LogP contribution in [0.15, 0.2) is 24.3 Å². The van der Waals surface area contributed by atoms with Crippen LogP contribution in [0.1, 0.15) is 49.5 Å². The van der Waals surface area contributed by atoms with Gasteiger partial charge in [-0.3, -0.25) is 4.79 Å². The molecule has 0 unspecified atom stereocenters. The summed E-state index contributed by atoms with van der Waals surface area (Å²) < 4.78 is 10.4. The Balaban J connectivity index is 2.32. The molecule has 0 bridgehead atoms. The average Bonchev–Trinajstić information content (AvgIpc) is 2.99. The topological polar surface area (TPSA) is 93.1 Å². The highest BCUT2D eigenvalue weighted by molar-refractivity contribution is 5.91. The van der Waals surface area contributed by atoms with Crippen LogP contribution in [0.25, 0.3) is 0 Å². The van der Waals surface area contributed by atoms with Crippen molar-refractivity contribution in [2.75, 3.05) is 19.7 Å². The highest BCUT2D eigenvalue weighted by Gasteiger charge is 2.43. The van der Waals surface area contributed by atoms with Gasteiger partial charge in [-0.05, 0) is 39.3 Å². The molecular formula is C19H25NO6. The standard InChI is InChI=1S/C19H25NO6/c1-5-25-17(23)13-9-7-6-8-12(13)14-10-20(11-15(14)16(21)22)18(24)26-19(2,3)4/h6-9,14-15H,5,10-11H2,1-4H3,(H,21,22)/t14-,15+/m0/s1. The van der Waals surface area contributed by atoms with Gasteiger partial charge in [0.15, 0.2) is 0 Å². The molecule has 0 aromatic heterocycles. The highest BCUT2D eigenvalue weighted by Crippen LogP contribution is 2.35. The van der Waals surface area contributed by atoms with E-state index in [0.717, 1.165) is 0 Å². The van der Waals surface area contributed by atoms with Gasteiger partial charge in [-0.25, -0.2) is 9.59 Å². The molecule has 1 N–H and O–H groups in total. The molecule has 1 aliphatic rings. The number of hydrogen-bond donors (Lipinski definition) is 1. The third-order valence-corrected chi connectivity index (χ3v) is 4.14. The molecule has 0 aliphatic carbocycles. The van der Waals surface area contributed by atoms with Gasteiger partial charge in [0, 0.05) is 19.0 Å². The first-order valence-electron chi connectivity index (χ1n) is 8.60. The fourth-order valence-electron chi connectivity index (χ4n) is 3.06. The number of carboxylic acids is 1. The van der Waals surface area contributed by atoms with E-state index < -0.39 is 35.5 Å². The van der Waals surface area contributed by atoms with E-state index in [1.807, 2.05) is 0 Å². The van der Waals surface area contributed by atoms with Crippen LogP contribution in [0.3, 0.4) is 0 Å². The van der Waals surface area contributed by atoms with Crippen LogP contribution >= 0.6 is 0 Å². The largest absolute Gasteiger partial charge is 0.481 e. The quantitative estimate of drug-likeness (QED) is 0.827. The molecule has 1 aliphatic heterocycles. The number of ether oxygens (including phenoxy) is 2. The van der Waals surface area contributed by atoms with Crippen molar-refractivity contribution in [2.45, 2.75) is 39.2 Å². The molecule has 1 saturated heterocycles. The number of rotatable bonds is 4. The summed E-state index contributed by atoms with van der Waals surface area (Å²) in [6, 6.07) is 6.77. The van der Waals surface area contributed by atoms with E-state index in [1.165, 1.54) is 4.90 Å². The van der Waals surface area contributed by atoms with Gasteiger partial charge in [-0.1, -0.05) is 18.2 Å². The molecule has 1 fully saturated rings. The van der Waals surface area contributed by atoms with E-state index in [4.69, 9.17) is 9.47 Å². The fraction of sp³-hybridized carbons (Fsp3) is 0.526. The second-order valence-corrected chi connectivity index (χ2v) is 7.24. The number of carbonyl (C=O) groups is 3. The number of carboxylic acid groups (broad SMARTS) is 1. The summed E-state index contributed by atoms with van der Waals surface area (Å²) in [7, 11) is 0. The van der Waals surface area contributed by atoms with Gasteiger partial charge >= 0.3 is 18.0 Å². The van der Waals surface area contributed by atoms with Crippen LogP contribution in [-0.4, -0.2) is 53.3 Å². The molecule has 1 aromatic rings. The zero-order chi connectivity index (χ0) is 19.5. The van der Waals surface area contributed by atoms with Crippen molar-refractivity contribution >= 4 is 18.0 Å². The van der Waals surface area contributed by atoms with Gasteiger partial charge < -0.3 is 19.5 Å². The van der Waals surface area contributed by atoms with Crippen molar-refractivity contribution in [1.29, 1.82) is 0 Å². The van der Waals surface area contributed by atoms with Crippen molar-refractivity contribution in [2.24, 2.45) is 5.92 Å². The van der Waals surface area contributed by atoms with Crippen LogP contribution in [0.5, 0.6) is 0 Å². The monoisotopic (exact) mass is 363 g/mol. The highest BCUT2D eigenvalue weighted by atomic mass is 16.6. The van der Waals surface area contributed by atoms with Crippen molar-refractivity contribution in [3.63, 3.8) is 0 Å². The minimum Gasteiger partial charge on any atom is -0.481 e. The molecule has 26 heavy (non-hydrogen) atoms. The summed E-state index contributed by atoms with van der Waals surface area (Å²) in [5.74, 6) is -2.85. The van der Waals surface area contributed by atoms with E-state index in [9.17, 15) is 19.5 Å². The normalized spacial score (nSPS) is 19.9. The van der Waals surface area contributed by atoms with Crippen molar-refractivity contribution < 1.29 is 29.0 Å². The minimum absolute atomic E-state index is 0.0338. The number of nitrogens with zero attached hydrogens (tertiary/aromatic N) is 1. The Labute approximate surface area is 152 Å². The Hall–Kier alpha value is -2.57. The van der Waals surface area contributed by atoms with Gasteiger partial charge in [0.1, 0.15) is 5.60 Å². The lowest BCUT2D eigenvalue weighted by Gasteiger charge is -2.24. The first-order chi connectivity index (χ1) is 12.1. The molecule has 142 valence electrons. The van der Waals surface area contributed by atoms with Crippen molar-refractivity contribution in [3.05, 3.63) is 35.4 Å². The number of hydrogen-bond acceptors (Lipinski definition) is 5. The van der Waals surface area contributed by atoms with Gasteiger partial charge in [-0.15, -0.1) is 0 Å². The SMILES string of the molecule is CCOC(=O)c1ccccc1[C@@H]1CN(C(=O)OC(C)(C)C)C[C@H]1C(=O)O. The summed E-state index contributed by atoms with van der Waals surface area (Å²) in [6.45, 7) is 7.40. The van der Waals surface area contributed by atoms with Crippen molar-refractivity contribution in [1.82, 2.24) is 4.90 Å². The summed E-state index contributed by atoms with van der Waals surface area (Å²) in [6.07, 6.45) is -0.556. The van der Waals surface area contributed by atoms with E-state index in [1.54, 1.807) is 52.0 Å². The third kappa shape index (κ3) is 4.53. The second-order valence-electron chi connectivity index (χ2n) is 7.24. The Bertz CT molecular complexity index is 694. The number of carbonyl (C=O) groups excluding carboxylic acids is 2. The molecule has 0 radical (unpaired) electrons. The molecule has 1 heterocycles. The first-order valence-corrected chi connectivity index (χ1v) is 8.60. The number of likely N-dealkylation sites (tertiary alicyclic amines) is 1. The zero-order valence-electron chi connectivity index (χ0n) is 15.5. The Morgan fingerprint density at radius 3 is 2.42 bits per heavy atom. The third-order valence-electron chi connectivity index (χ3n) is 4.14. The molecular weight excluding hydrogens is 338 g/mol. The lowest BCUT2D eigenvalue weighted by atomic mass is 9.86. The van der Waals surface area contributed by atoms with Crippen LogP contribution < -0.4 is 0 Å². The summed E-state index contributed by atoms with van der Waals surface area (Å²) in [5, 5.41) is 9.62. The van der Waals surface area contributed by atoms with E-state index in [-0.39, 0.29) is 19.7 Å². The molecule has 2 rings (SSSR count). The number of esters is 1. The summed E-state index contributed by atoms with van der Waals surface area (Å²) in [4.78, 5) is 37.7. The van der Waals surface area contributed by atoms with E-state index in [0.29, 0.717) is 11.1 Å². The molecule has 0 saturated carbocycles. The predicted molar refractivity (Wildman–Crippen MR) is 94.1 cm³/mol. The Morgan fingerprint density at radius 1 is 1.19 bits per heavy atom. The van der Waals surface area contributed by atoms with Crippen LogP contribution in [-0.2, 0) is 14.3 Å². The van der Waals surface area contributed by atoms with Gasteiger partial charge in [0.25, 0.3) is 0 Å². The van der Waals surface area contributed by atoms with Crippen LogP contribution in [0.4, 0.5) is 4.79 Å². The molecule has 2 atom stereocenters. The van der Waals surface area contributed by atoms with E-state index in [2.05, 4.69) is 0 Å². The molecule has 1 amide bonds. The van der Waals surface area contributed by atoms with Crippen LogP contribution in [0.2, 0.25) is 0 Å². The lowest BCUT2D eigenvalue weighted by molar-refractivity contribution is -0.141. The average molecular weight is 363 g/mol. The number of amides is 1. The molecule has 0 spiro atoms. The molecule has 1 aromatic carbocycles. The maximum atomic E-state index is 12.3. The van der Waals surface area contributed by atoms with Gasteiger partial charge in [0.2, 0.25) is 0 Å². The Kier molecular flexibility index (Phi) is 5.90. The zero-order valence-corrected chi connectivity index (χ0v) is 15.5. The maximum absolute atomic E-state index is 12.3. The number of aliphatic carboxylic acids is 1. The lowest BCUT2D eigenvalue weighted by Crippen LogP contribution is -2.35. The predicted octanol–water partition coefficient (Wildman–Crippen LogP) is 2.90. The summed E-state index contributed by atoms with van der Waals surface area (Å²) in [5.41, 5.74) is 0.234. The molecule has 7 nitrogen and oxygen atoms in total. The van der Waals surface area contributed by atoms with Gasteiger partial charge in [-0.2, -0.15) is 0 Å². The fourth-order valence-corrected chi connectivity index (χ4v) is 3.06. The first kappa shape index (κ1) is 19.8. The molecule has 7 heteroatoms. The summed E-state index contributed by atoms with van der Waals surface area (Å²) >= 11 is 0. The minimum atomic E-state index is -1.01.